The molecule has 0 saturated carbocycles. The zero-order valence-electron chi connectivity index (χ0n) is 10.3. The molecule has 1 aromatic rings. The summed E-state index contributed by atoms with van der Waals surface area (Å²) in [4.78, 5) is 10.8. The number of rotatable bonds is 5. The molecule has 108 valence electrons. The highest BCUT2D eigenvalue weighted by molar-refractivity contribution is 7.92. The normalized spacial score (nSPS) is 10.3. The molecule has 8 heteroatoms. The number of aromatic carboxylic acids is 1. The van der Waals surface area contributed by atoms with Crippen molar-refractivity contribution in [2.24, 2.45) is 0 Å². The summed E-state index contributed by atoms with van der Waals surface area (Å²) in [7, 11) is -3.45. The SMILES string of the molecule is CCCS(=O)(=O)Nc1ccccc1C(=O)O.ClCCl. The third-order valence-electron chi connectivity index (χ3n) is 1.90. The maximum absolute atomic E-state index is 11.5. The molecule has 0 heterocycles. The molecule has 1 aromatic carbocycles. The molecule has 5 nitrogen and oxygen atoms in total. The highest BCUT2D eigenvalue weighted by Gasteiger charge is 2.14. The molecular weight excluding hydrogens is 313 g/mol. The average molecular weight is 328 g/mol. The van der Waals surface area contributed by atoms with Crippen LogP contribution in [-0.2, 0) is 10.0 Å². The Bertz CT molecular complexity index is 505. The van der Waals surface area contributed by atoms with Gasteiger partial charge in [0.25, 0.3) is 0 Å². The quantitative estimate of drug-likeness (QED) is 0.814. The van der Waals surface area contributed by atoms with E-state index in [1.807, 2.05) is 0 Å². The third kappa shape index (κ3) is 7.25. The van der Waals surface area contributed by atoms with E-state index in [1.54, 1.807) is 19.1 Å². The molecule has 0 radical (unpaired) electrons. The summed E-state index contributed by atoms with van der Waals surface area (Å²) in [6.45, 7) is 1.74. The van der Waals surface area contributed by atoms with E-state index in [2.05, 4.69) is 4.72 Å². The Kier molecular flexibility index (Phi) is 8.54. The summed E-state index contributed by atoms with van der Waals surface area (Å²) in [5.74, 6) is -1.18. The molecule has 2 N–H and O–H groups in total. The summed E-state index contributed by atoms with van der Waals surface area (Å²) in [6, 6.07) is 5.90. The van der Waals surface area contributed by atoms with E-state index in [0.29, 0.717) is 6.42 Å². The van der Waals surface area contributed by atoms with Crippen molar-refractivity contribution in [3.63, 3.8) is 0 Å². The van der Waals surface area contributed by atoms with Gasteiger partial charge in [0.05, 0.1) is 22.3 Å². The van der Waals surface area contributed by atoms with E-state index in [-0.39, 0.29) is 22.3 Å². The van der Waals surface area contributed by atoms with Gasteiger partial charge in [0.1, 0.15) is 0 Å². The monoisotopic (exact) mass is 327 g/mol. The Morgan fingerprint density at radius 1 is 1.32 bits per heavy atom. The van der Waals surface area contributed by atoms with Gasteiger partial charge in [-0.15, -0.1) is 23.2 Å². The Labute approximate surface area is 122 Å². The van der Waals surface area contributed by atoms with E-state index in [1.165, 1.54) is 12.1 Å². The molecule has 0 aliphatic rings. The zero-order valence-corrected chi connectivity index (χ0v) is 12.6. The van der Waals surface area contributed by atoms with Crippen LogP contribution >= 0.6 is 23.2 Å². The number of carbonyl (C=O) groups is 1. The van der Waals surface area contributed by atoms with Crippen molar-refractivity contribution in [1.82, 2.24) is 0 Å². The lowest BCUT2D eigenvalue weighted by Gasteiger charge is -2.09. The first-order valence-corrected chi connectivity index (χ1v) is 8.04. The van der Waals surface area contributed by atoms with E-state index < -0.39 is 16.0 Å². The number of hydrogen-bond donors (Lipinski definition) is 2. The fraction of sp³-hybridized carbons (Fsp3) is 0.364. The van der Waals surface area contributed by atoms with Gasteiger partial charge in [0.2, 0.25) is 10.0 Å². The van der Waals surface area contributed by atoms with E-state index in [0.717, 1.165) is 0 Å². The Hall–Kier alpha value is -0.980. The lowest BCUT2D eigenvalue weighted by atomic mass is 10.2. The number of nitrogens with one attached hydrogen (secondary N) is 1. The highest BCUT2D eigenvalue weighted by Crippen LogP contribution is 2.16. The number of carboxylic acid groups (broad SMARTS) is 1. The van der Waals surface area contributed by atoms with Crippen LogP contribution in [0.4, 0.5) is 5.69 Å². The number of hydrogen-bond acceptors (Lipinski definition) is 3. The third-order valence-corrected chi connectivity index (χ3v) is 3.37. The van der Waals surface area contributed by atoms with Crippen LogP contribution in [0, 0.1) is 0 Å². The van der Waals surface area contributed by atoms with Crippen molar-refractivity contribution in [3.05, 3.63) is 29.8 Å². The first-order valence-electron chi connectivity index (χ1n) is 5.32. The van der Waals surface area contributed by atoms with Gasteiger partial charge in [-0.25, -0.2) is 13.2 Å². The first-order chi connectivity index (χ1) is 8.87. The van der Waals surface area contributed by atoms with Crippen LogP contribution in [0.1, 0.15) is 23.7 Å². The van der Waals surface area contributed by atoms with Crippen molar-refractivity contribution in [3.8, 4) is 0 Å². The van der Waals surface area contributed by atoms with Crippen molar-refractivity contribution in [2.45, 2.75) is 13.3 Å². The van der Waals surface area contributed by atoms with Crippen LogP contribution in [0.15, 0.2) is 24.3 Å². The second-order valence-electron chi connectivity index (χ2n) is 3.37. The van der Waals surface area contributed by atoms with Crippen LogP contribution in [0.5, 0.6) is 0 Å². The Morgan fingerprint density at radius 3 is 2.32 bits per heavy atom. The maximum Gasteiger partial charge on any atom is 0.337 e. The molecule has 0 aromatic heterocycles. The standard InChI is InChI=1S/C10H13NO4S.CH2Cl2/c1-2-7-16(14,15)11-9-6-4-3-5-8(9)10(12)13;2-1-3/h3-6,11H,2,7H2,1H3,(H,12,13);1H2. The summed E-state index contributed by atoms with van der Waals surface area (Å²) < 4.78 is 25.2. The minimum Gasteiger partial charge on any atom is -0.478 e. The molecule has 0 bridgehead atoms. The second kappa shape index (κ2) is 9.01. The molecule has 19 heavy (non-hydrogen) atoms. The molecule has 0 fully saturated rings. The van der Waals surface area contributed by atoms with E-state index >= 15 is 0 Å². The predicted molar refractivity (Wildman–Crippen MR) is 77.7 cm³/mol. The van der Waals surface area contributed by atoms with Gasteiger partial charge >= 0.3 is 5.97 Å². The second-order valence-corrected chi connectivity index (χ2v) is 6.02. The summed E-state index contributed by atoms with van der Waals surface area (Å²) in [5, 5.41) is 9.05. The van der Waals surface area contributed by atoms with Gasteiger partial charge in [-0.1, -0.05) is 19.1 Å². The smallest absolute Gasteiger partial charge is 0.337 e. The predicted octanol–water partition coefficient (Wildman–Crippen LogP) is 2.96. The zero-order chi connectivity index (χ0) is 14.9. The van der Waals surface area contributed by atoms with Crippen molar-refractivity contribution in [1.29, 1.82) is 0 Å². The molecule has 1 rings (SSSR count). The fourth-order valence-corrected chi connectivity index (χ4v) is 2.40. The number of benzene rings is 1. The van der Waals surface area contributed by atoms with Crippen molar-refractivity contribution >= 4 is 44.9 Å². The van der Waals surface area contributed by atoms with E-state index in [4.69, 9.17) is 28.3 Å². The van der Waals surface area contributed by atoms with Crippen LogP contribution in [0.2, 0.25) is 0 Å². The largest absolute Gasteiger partial charge is 0.478 e. The number of carboxylic acids is 1. The molecule has 0 saturated heterocycles. The fourth-order valence-electron chi connectivity index (χ4n) is 1.25. The van der Waals surface area contributed by atoms with Gasteiger partial charge in [0.15, 0.2) is 0 Å². The highest BCUT2D eigenvalue weighted by atomic mass is 35.5. The lowest BCUT2D eigenvalue weighted by molar-refractivity contribution is 0.0698. The van der Waals surface area contributed by atoms with E-state index in [9.17, 15) is 13.2 Å². The van der Waals surface area contributed by atoms with Crippen LogP contribution in [0.25, 0.3) is 0 Å². The summed E-state index contributed by atoms with van der Waals surface area (Å²) in [6.07, 6.45) is 0.477. The Morgan fingerprint density at radius 2 is 1.84 bits per heavy atom. The maximum atomic E-state index is 11.5. The average Bonchev–Trinajstić information content (AvgIpc) is 2.29. The minimum atomic E-state index is -3.45. The van der Waals surface area contributed by atoms with Crippen molar-refractivity contribution < 1.29 is 18.3 Å². The number of anilines is 1. The molecule has 0 atom stereocenters. The summed E-state index contributed by atoms with van der Waals surface area (Å²) in [5.41, 5.74) is 0.0469. The van der Waals surface area contributed by atoms with Gasteiger partial charge in [0, 0.05) is 0 Å². The molecule has 0 aliphatic heterocycles. The summed E-state index contributed by atoms with van der Waals surface area (Å²) >= 11 is 9.53. The van der Waals surface area contributed by atoms with Gasteiger partial charge in [-0.3, -0.25) is 4.72 Å². The Balaban J connectivity index is 0.000000982. The van der Waals surface area contributed by atoms with Gasteiger partial charge in [-0.2, -0.15) is 0 Å². The van der Waals surface area contributed by atoms with Crippen LogP contribution < -0.4 is 4.72 Å². The van der Waals surface area contributed by atoms with Crippen molar-refractivity contribution in [2.75, 3.05) is 15.8 Å². The number of para-hydroxylation sites is 1. The molecule has 0 aliphatic carbocycles. The molecular formula is C11H15Cl2NO4S. The molecule has 0 spiro atoms. The number of halogens is 2. The molecule has 0 amide bonds. The minimum absolute atomic E-state index is 0.0268. The number of alkyl halides is 2. The molecule has 0 unspecified atom stereocenters. The van der Waals surface area contributed by atoms with Crippen LogP contribution in [-0.4, -0.2) is 30.6 Å². The van der Waals surface area contributed by atoms with Gasteiger partial charge in [-0.05, 0) is 18.6 Å². The number of sulfonamides is 1. The first kappa shape index (κ1) is 18.0. The van der Waals surface area contributed by atoms with Crippen LogP contribution in [0.3, 0.4) is 0 Å². The lowest BCUT2D eigenvalue weighted by Crippen LogP contribution is -2.18. The van der Waals surface area contributed by atoms with Gasteiger partial charge < -0.3 is 5.11 Å². The topological polar surface area (TPSA) is 83.5 Å².